The largest absolute Gasteiger partial charge is 0.354 e. The number of hydrogen-bond acceptors (Lipinski definition) is 5. The van der Waals surface area contributed by atoms with E-state index in [2.05, 4.69) is 10.6 Å². The number of carbonyl (C=O) groups is 3. The van der Waals surface area contributed by atoms with Crippen molar-refractivity contribution in [3.05, 3.63) is 29.3 Å². The molecule has 1 aromatic rings. The number of rotatable bonds is 6. The van der Waals surface area contributed by atoms with Crippen molar-refractivity contribution in [3.63, 3.8) is 0 Å². The fraction of sp³-hybridized carbons (Fsp3) is 0.550. The molecule has 0 unspecified atom stereocenters. The Kier molecular flexibility index (Phi) is 6.26. The van der Waals surface area contributed by atoms with E-state index in [-0.39, 0.29) is 34.4 Å². The van der Waals surface area contributed by atoms with Gasteiger partial charge in [-0.15, -0.1) is 0 Å². The fourth-order valence-electron chi connectivity index (χ4n) is 3.87. The molecule has 1 fully saturated rings. The van der Waals surface area contributed by atoms with Gasteiger partial charge < -0.3 is 10.6 Å². The highest BCUT2D eigenvalue weighted by molar-refractivity contribution is 7.90. The van der Waals surface area contributed by atoms with Gasteiger partial charge in [0.05, 0.1) is 5.56 Å². The monoisotopic (exact) mass is 421 g/mol. The molecule has 1 saturated carbocycles. The van der Waals surface area contributed by atoms with Crippen LogP contribution in [0.3, 0.4) is 0 Å². The minimum atomic E-state index is -3.95. The van der Waals surface area contributed by atoms with Crippen LogP contribution in [0.25, 0.3) is 0 Å². The summed E-state index contributed by atoms with van der Waals surface area (Å²) >= 11 is 0. The van der Waals surface area contributed by atoms with Gasteiger partial charge in [-0.2, -0.15) is 0 Å². The molecule has 0 radical (unpaired) electrons. The SMILES string of the molecule is CC(C)N1C(=O)c2ccc(C(=O)NCCNC(=O)C3CCCCC3)cc2S1(=O)=O. The smallest absolute Gasteiger partial charge is 0.269 e. The highest BCUT2D eigenvalue weighted by atomic mass is 32.2. The van der Waals surface area contributed by atoms with Crippen LogP contribution in [0, 0.1) is 5.92 Å². The molecule has 158 valence electrons. The fourth-order valence-corrected chi connectivity index (χ4v) is 5.67. The van der Waals surface area contributed by atoms with E-state index in [4.69, 9.17) is 0 Å². The number of fused-ring (bicyclic) bond motifs is 1. The molecule has 0 spiro atoms. The predicted octanol–water partition coefficient (Wildman–Crippen LogP) is 1.67. The molecule has 0 atom stereocenters. The average molecular weight is 422 g/mol. The summed E-state index contributed by atoms with van der Waals surface area (Å²) in [7, 11) is -3.95. The lowest BCUT2D eigenvalue weighted by Gasteiger charge is -2.20. The van der Waals surface area contributed by atoms with E-state index in [0.29, 0.717) is 6.54 Å². The normalized spacial score (nSPS) is 18.6. The Morgan fingerprint density at radius 2 is 1.76 bits per heavy atom. The number of amides is 3. The summed E-state index contributed by atoms with van der Waals surface area (Å²) in [6.07, 6.45) is 5.15. The number of carbonyl (C=O) groups excluding carboxylic acids is 3. The number of nitrogens with one attached hydrogen (secondary N) is 2. The summed E-state index contributed by atoms with van der Waals surface area (Å²) in [5.74, 6) is -0.949. The van der Waals surface area contributed by atoms with Crippen LogP contribution in [0.2, 0.25) is 0 Å². The van der Waals surface area contributed by atoms with E-state index < -0.39 is 27.9 Å². The first kappa shape index (κ1) is 21.3. The van der Waals surface area contributed by atoms with Gasteiger partial charge >= 0.3 is 0 Å². The topological polar surface area (TPSA) is 113 Å². The molecule has 1 aromatic carbocycles. The maximum absolute atomic E-state index is 12.6. The van der Waals surface area contributed by atoms with Gasteiger partial charge in [-0.25, -0.2) is 12.7 Å². The molecule has 9 heteroatoms. The first-order valence-corrected chi connectivity index (χ1v) is 11.5. The third-order valence-corrected chi connectivity index (χ3v) is 7.36. The van der Waals surface area contributed by atoms with E-state index in [1.165, 1.54) is 24.6 Å². The number of hydrogen-bond donors (Lipinski definition) is 2. The minimum Gasteiger partial charge on any atom is -0.354 e. The van der Waals surface area contributed by atoms with E-state index >= 15 is 0 Å². The zero-order chi connectivity index (χ0) is 21.2. The van der Waals surface area contributed by atoms with Crippen LogP contribution in [-0.4, -0.2) is 49.6 Å². The Hall–Kier alpha value is -2.42. The van der Waals surface area contributed by atoms with Gasteiger partial charge in [-0.1, -0.05) is 19.3 Å². The molecule has 0 saturated heterocycles. The van der Waals surface area contributed by atoms with Gasteiger partial charge in [-0.3, -0.25) is 14.4 Å². The maximum atomic E-state index is 12.6. The lowest BCUT2D eigenvalue weighted by Crippen LogP contribution is -2.38. The zero-order valence-electron chi connectivity index (χ0n) is 16.7. The van der Waals surface area contributed by atoms with Gasteiger partial charge in [0, 0.05) is 30.6 Å². The predicted molar refractivity (Wildman–Crippen MR) is 107 cm³/mol. The standard InChI is InChI=1S/C20H27N3O5S/c1-13(2)23-20(26)16-9-8-15(12-17(16)29(23,27)28)19(25)22-11-10-21-18(24)14-6-4-3-5-7-14/h8-9,12-14H,3-7,10-11H2,1-2H3,(H,21,24)(H,22,25). The molecule has 2 aliphatic rings. The molecular weight excluding hydrogens is 394 g/mol. The lowest BCUT2D eigenvalue weighted by molar-refractivity contribution is -0.125. The highest BCUT2D eigenvalue weighted by Crippen LogP contribution is 2.32. The van der Waals surface area contributed by atoms with Crippen LogP contribution in [0.4, 0.5) is 0 Å². The molecule has 8 nitrogen and oxygen atoms in total. The summed E-state index contributed by atoms with van der Waals surface area (Å²) in [6, 6.07) is 3.54. The van der Waals surface area contributed by atoms with Crippen LogP contribution in [0.1, 0.15) is 66.7 Å². The van der Waals surface area contributed by atoms with Gasteiger partial charge in [-0.05, 0) is 44.9 Å². The number of sulfonamides is 1. The number of nitrogens with zero attached hydrogens (tertiary/aromatic N) is 1. The summed E-state index contributed by atoms with van der Waals surface area (Å²) in [4.78, 5) is 36.7. The van der Waals surface area contributed by atoms with Crippen LogP contribution in [0.5, 0.6) is 0 Å². The molecule has 1 aliphatic heterocycles. The molecule has 0 aromatic heterocycles. The van der Waals surface area contributed by atoms with E-state index in [1.54, 1.807) is 13.8 Å². The van der Waals surface area contributed by atoms with Crippen molar-refractivity contribution in [1.29, 1.82) is 0 Å². The zero-order valence-corrected chi connectivity index (χ0v) is 17.5. The van der Waals surface area contributed by atoms with Crippen molar-refractivity contribution in [2.45, 2.75) is 56.9 Å². The van der Waals surface area contributed by atoms with Crippen molar-refractivity contribution in [1.82, 2.24) is 14.9 Å². The van der Waals surface area contributed by atoms with Crippen LogP contribution in [0.15, 0.2) is 23.1 Å². The molecule has 3 rings (SSSR count). The van der Waals surface area contributed by atoms with Crippen molar-refractivity contribution >= 4 is 27.7 Å². The summed E-state index contributed by atoms with van der Waals surface area (Å²) in [6.45, 7) is 3.79. The Morgan fingerprint density at radius 1 is 1.10 bits per heavy atom. The number of benzene rings is 1. The van der Waals surface area contributed by atoms with Crippen LogP contribution >= 0.6 is 0 Å². The van der Waals surface area contributed by atoms with Gasteiger partial charge in [0.2, 0.25) is 5.91 Å². The summed E-state index contributed by atoms with van der Waals surface area (Å²) < 4.78 is 26.1. The second-order valence-corrected chi connectivity index (χ2v) is 9.58. The summed E-state index contributed by atoms with van der Waals surface area (Å²) in [5, 5.41) is 5.51. The second-order valence-electron chi connectivity index (χ2n) is 7.79. The molecule has 0 bridgehead atoms. The quantitative estimate of drug-likeness (QED) is 0.679. The average Bonchev–Trinajstić information content (AvgIpc) is 2.90. The molecule has 3 amide bonds. The van der Waals surface area contributed by atoms with E-state index in [1.807, 2.05) is 0 Å². The van der Waals surface area contributed by atoms with Crippen LogP contribution < -0.4 is 10.6 Å². The Balaban J connectivity index is 1.58. The Bertz CT molecular complexity index is 920. The molecular formula is C20H27N3O5S. The van der Waals surface area contributed by atoms with Crippen molar-refractivity contribution in [2.24, 2.45) is 5.92 Å². The van der Waals surface area contributed by atoms with Crippen molar-refractivity contribution < 1.29 is 22.8 Å². The first-order valence-electron chi connectivity index (χ1n) is 10.0. The molecule has 29 heavy (non-hydrogen) atoms. The second kappa shape index (κ2) is 8.52. The van der Waals surface area contributed by atoms with Gasteiger partial charge in [0.25, 0.3) is 21.8 Å². The molecule has 2 N–H and O–H groups in total. The van der Waals surface area contributed by atoms with Gasteiger partial charge in [0.15, 0.2) is 0 Å². The van der Waals surface area contributed by atoms with Gasteiger partial charge in [0.1, 0.15) is 4.90 Å². The minimum absolute atomic E-state index is 0.0230. The Labute approximate surface area is 171 Å². The lowest BCUT2D eigenvalue weighted by atomic mass is 9.89. The van der Waals surface area contributed by atoms with Crippen LogP contribution in [-0.2, 0) is 14.8 Å². The molecule has 1 aliphatic carbocycles. The summed E-state index contributed by atoms with van der Waals surface area (Å²) in [5.41, 5.74) is 0.235. The third kappa shape index (κ3) is 4.29. The van der Waals surface area contributed by atoms with E-state index in [0.717, 1.165) is 30.0 Å². The van der Waals surface area contributed by atoms with Crippen molar-refractivity contribution in [2.75, 3.05) is 13.1 Å². The van der Waals surface area contributed by atoms with Crippen molar-refractivity contribution in [3.8, 4) is 0 Å². The Morgan fingerprint density at radius 3 is 2.41 bits per heavy atom. The van der Waals surface area contributed by atoms with E-state index in [9.17, 15) is 22.8 Å². The third-order valence-electron chi connectivity index (χ3n) is 5.37. The first-order chi connectivity index (χ1) is 13.7. The maximum Gasteiger partial charge on any atom is 0.269 e. The molecule has 1 heterocycles. The highest BCUT2D eigenvalue weighted by Gasteiger charge is 2.42.